The number of piperidine rings is 1. The summed E-state index contributed by atoms with van der Waals surface area (Å²) in [5.74, 6) is 0.357. The fraction of sp³-hybridized carbons (Fsp3) is 0.625. The number of imide groups is 1. The highest BCUT2D eigenvalue weighted by atomic mass is 16.2. The number of fused-ring (bicyclic) bond motifs is 5. The zero-order chi connectivity index (χ0) is 20.7. The van der Waals surface area contributed by atoms with Crippen LogP contribution in [0, 0.1) is 23.7 Å². The summed E-state index contributed by atoms with van der Waals surface area (Å²) < 4.78 is 0. The Labute approximate surface area is 178 Å². The number of anilines is 1. The van der Waals surface area contributed by atoms with Crippen molar-refractivity contribution in [3.8, 4) is 0 Å². The number of rotatable bonds is 6. The Balaban J connectivity index is 1.18. The normalized spacial score (nSPS) is 30.7. The van der Waals surface area contributed by atoms with E-state index in [2.05, 4.69) is 16.3 Å². The van der Waals surface area contributed by atoms with Crippen LogP contribution in [0.4, 0.5) is 5.69 Å². The van der Waals surface area contributed by atoms with E-state index in [1.807, 2.05) is 18.2 Å². The van der Waals surface area contributed by atoms with Crippen LogP contribution < -0.4 is 5.32 Å². The van der Waals surface area contributed by atoms with Crippen molar-refractivity contribution in [1.29, 1.82) is 0 Å². The summed E-state index contributed by atoms with van der Waals surface area (Å²) in [5, 5.41) is 3.02. The van der Waals surface area contributed by atoms with E-state index in [1.54, 1.807) is 0 Å². The fourth-order valence-electron chi connectivity index (χ4n) is 6.26. The second-order valence-electron chi connectivity index (χ2n) is 9.51. The molecule has 5 rings (SSSR count). The van der Waals surface area contributed by atoms with E-state index in [4.69, 9.17) is 0 Å². The molecule has 4 atom stereocenters. The summed E-state index contributed by atoms with van der Waals surface area (Å²) in [6, 6.07) is 7.93. The molecule has 2 heterocycles. The molecule has 6 heteroatoms. The maximum atomic E-state index is 12.8. The maximum absolute atomic E-state index is 12.8. The molecule has 2 aliphatic carbocycles. The Kier molecular flexibility index (Phi) is 5.35. The Bertz CT molecular complexity index is 820. The lowest BCUT2D eigenvalue weighted by Gasteiger charge is -2.27. The summed E-state index contributed by atoms with van der Waals surface area (Å²) in [6.07, 6.45) is 7.11. The standard InChI is InChI=1S/C24H31N3O3/c28-20(25-19-7-3-2-6-18(19)15-26-11-4-1-5-12-26)10-13-27-23(29)21-16-8-9-17(14-16)22(21)24(27)30/h2-3,6-7,16-17,21-22H,1,4-5,8-15H2,(H,25,28)/t16-,17-,21-,22+/m0/s1. The molecule has 4 aliphatic rings. The molecule has 160 valence electrons. The summed E-state index contributed by atoms with van der Waals surface area (Å²) in [5.41, 5.74) is 1.95. The van der Waals surface area contributed by atoms with Gasteiger partial charge in [0, 0.05) is 25.2 Å². The molecule has 0 radical (unpaired) electrons. The number of carbonyl (C=O) groups is 3. The van der Waals surface area contributed by atoms with Crippen molar-refractivity contribution in [1.82, 2.24) is 9.80 Å². The van der Waals surface area contributed by atoms with Crippen molar-refractivity contribution >= 4 is 23.4 Å². The van der Waals surface area contributed by atoms with Gasteiger partial charge in [0.05, 0.1) is 11.8 Å². The van der Waals surface area contributed by atoms with Crippen LogP contribution in [0.2, 0.25) is 0 Å². The summed E-state index contributed by atoms with van der Waals surface area (Å²) in [4.78, 5) is 42.1. The number of amides is 3. The van der Waals surface area contributed by atoms with Gasteiger partial charge in [-0.25, -0.2) is 0 Å². The average molecular weight is 410 g/mol. The molecule has 3 amide bonds. The van der Waals surface area contributed by atoms with E-state index in [9.17, 15) is 14.4 Å². The number of likely N-dealkylation sites (tertiary alicyclic amines) is 2. The molecule has 2 saturated carbocycles. The summed E-state index contributed by atoms with van der Waals surface area (Å²) >= 11 is 0. The molecule has 0 spiro atoms. The number of carbonyl (C=O) groups excluding carboxylic acids is 3. The van der Waals surface area contributed by atoms with E-state index in [0.717, 1.165) is 50.1 Å². The third-order valence-electron chi connectivity index (χ3n) is 7.72. The zero-order valence-electron chi connectivity index (χ0n) is 17.5. The number of nitrogens with one attached hydrogen (secondary N) is 1. The monoisotopic (exact) mass is 409 g/mol. The van der Waals surface area contributed by atoms with Gasteiger partial charge < -0.3 is 5.32 Å². The lowest BCUT2D eigenvalue weighted by atomic mass is 9.81. The highest BCUT2D eigenvalue weighted by Crippen LogP contribution is 2.56. The predicted octanol–water partition coefficient (Wildman–Crippen LogP) is 3.03. The van der Waals surface area contributed by atoms with E-state index in [1.165, 1.54) is 24.2 Å². The van der Waals surface area contributed by atoms with Gasteiger partial charge in [-0.2, -0.15) is 0 Å². The highest BCUT2D eigenvalue weighted by molar-refractivity contribution is 6.06. The Morgan fingerprint density at radius 2 is 1.63 bits per heavy atom. The van der Waals surface area contributed by atoms with Gasteiger partial charge in [-0.3, -0.25) is 24.2 Å². The molecule has 2 bridgehead atoms. The second kappa shape index (κ2) is 8.14. The first kappa shape index (κ1) is 19.7. The topological polar surface area (TPSA) is 69.7 Å². The smallest absolute Gasteiger partial charge is 0.233 e. The van der Waals surface area contributed by atoms with Gasteiger partial charge in [0.15, 0.2) is 0 Å². The van der Waals surface area contributed by atoms with Gasteiger partial charge in [0.1, 0.15) is 0 Å². The van der Waals surface area contributed by atoms with Crippen LogP contribution in [-0.2, 0) is 20.9 Å². The largest absolute Gasteiger partial charge is 0.326 e. The van der Waals surface area contributed by atoms with Crippen molar-refractivity contribution < 1.29 is 14.4 Å². The van der Waals surface area contributed by atoms with Crippen LogP contribution in [-0.4, -0.2) is 47.2 Å². The lowest BCUT2D eigenvalue weighted by molar-refractivity contribution is -0.140. The third kappa shape index (κ3) is 3.55. The van der Waals surface area contributed by atoms with Crippen molar-refractivity contribution in [2.24, 2.45) is 23.7 Å². The van der Waals surface area contributed by atoms with Crippen LogP contribution in [0.15, 0.2) is 24.3 Å². The quantitative estimate of drug-likeness (QED) is 0.734. The molecule has 0 unspecified atom stereocenters. The molecular formula is C24H31N3O3. The van der Waals surface area contributed by atoms with E-state index >= 15 is 0 Å². The Morgan fingerprint density at radius 1 is 0.967 bits per heavy atom. The summed E-state index contributed by atoms with van der Waals surface area (Å²) in [7, 11) is 0. The Hall–Kier alpha value is -2.21. The van der Waals surface area contributed by atoms with E-state index < -0.39 is 0 Å². The molecule has 0 aromatic heterocycles. The third-order valence-corrected chi connectivity index (χ3v) is 7.72. The summed E-state index contributed by atoms with van der Waals surface area (Å²) in [6.45, 7) is 3.24. The average Bonchev–Trinajstić information content (AvgIpc) is 3.43. The van der Waals surface area contributed by atoms with Gasteiger partial charge in [-0.05, 0) is 68.7 Å². The number of hydrogen-bond donors (Lipinski definition) is 1. The van der Waals surface area contributed by atoms with Crippen LogP contribution in [0.1, 0.15) is 50.5 Å². The molecular weight excluding hydrogens is 378 g/mol. The number of hydrogen-bond acceptors (Lipinski definition) is 4. The molecule has 2 saturated heterocycles. The first-order chi connectivity index (χ1) is 14.6. The molecule has 4 fully saturated rings. The van der Waals surface area contributed by atoms with Crippen LogP contribution in [0.5, 0.6) is 0 Å². The minimum absolute atomic E-state index is 0.0319. The predicted molar refractivity (Wildman–Crippen MR) is 113 cm³/mol. The number of para-hydroxylation sites is 1. The molecule has 1 N–H and O–H groups in total. The molecule has 1 aromatic carbocycles. The Morgan fingerprint density at radius 3 is 2.33 bits per heavy atom. The van der Waals surface area contributed by atoms with Gasteiger partial charge in [-0.15, -0.1) is 0 Å². The van der Waals surface area contributed by atoms with Crippen molar-refractivity contribution in [2.75, 3.05) is 25.0 Å². The molecule has 2 aliphatic heterocycles. The molecule has 1 aromatic rings. The first-order valence-corrected chi connectivity index (χ1v) is 11.6. The second-order valence-corrected chi connectivity index (χ2v) is 9.51. The van der Waals surface area contributed by atoms with Crippen molar-refractivity contribution in [3.05, 3.63) is 29.8 Å². The van der Waals surface area contributed by atoms with Crippen molar-refractivity contribution in [2.45, 2.75) is 51.5 Å². The van der Waals surface area contributed by atoms with Crippen LogP contribution in [0.3, 0.4) is 0 Å². The minimum atomic E-state index is -0.137. The molecule has 6 nitrogen and oxygen atoms in total. The SMILES string of the molecule is O=C(CCN1C(=O)[C@@H]2[C@H]3CC[C@@H](C3)[C@@H]2C1=O)Nc1ccccc1CN1CCCCC1. The van der Waals surface area contributed by atoms with Gasteiger partial charge >= 0.3 is 0 Å². The first-order valence-electron chi connectivity index (χ1n) is 11.6. The number of nitrogens with zero attached hydrogens (tertiary/aromatic N) is 2. The zero-order valence-corrected chi connectivity index (χ0v) is 17.5. The van der Waals surface area contributed by atoms with Gasteiger partial charge in [0.2, 0.25) is 17.7 Å². The van der Waals surface area contributed by atoms with Gasteiger partial charge in [0.25, 0.3) is 0 Å². The lowest BCUT2D eigenvalue weighted by Crippen LogP contribution is -2.35. The van der Waals surface area contributed by atoms with E-state index in [0.29, 0.717) is 11.8 Å². The molecule has 30 heavy (non-hydrogen) atoms. The fourth-order valence-corrected chi connectivity index (χ4v) is 6.26. The van der Waals surface area contributed by atoms with Crippen LogP contribution in [0.25, 0.3) is 0 Å². The maximum Gasteiger partial charge on any atom is 0.233 e. The van der Waals surface area contributed by atoms with Crippen LogP contribution >= 0.6 is 0 Å². The van der Waals surface area contributed by atoms with Gasteiger partial charge in [-0.1, -0.05) is 24.6 Å². The van der Waals surface area contributed by atoms with E-state index in [-0.39, 0.29) is 42.5 Å². The highest BCUT2D eigenvalue weighted by Gasteiger charge is 2.60. The minimum Gasteiger partial charge on any atom is -0.326 e. The van der Waals surface area contributed by atoms with Crippen molar-refractivity contribution in [3.63, 3.8) is 0 Å². The number of benzene rings is 1.